The molecule has 1 aliphatic rings. The minimum Gasteiger partial charge on any atom is -0.258 e. The second-order valence-corrected chi connectivity index (χ2v) is 7.18. The Morgan fingerprint density at radius 2 is 1.79 bits per heavy atom. The number of rotatable bonds is 5. The van der Waals surface area contributed by atoms with Crippen molar-refractivity contribution in [2.45, 2.75) is 24.2 Å². The van der Waals surface area contributed by atoms with Gasteiger partial charge in [0.1, 0.15) is 5.82 Å². The zero-order valence-electron chi connectivity index (χ0n) is 12.9. The molecule has 0 fully saturated rings. The number of nitrogens with two attached hydrogens (primary N) is 1. The molecule has 0 bridgehead atoms. The lowest BCUT2D eigenvalue weighted by atomic mass is 9.97. The summed E-state index contributed by atoms with van der Waals surface area (Å²) in [6, 6.07) is 9.66. The summed E-state index contributed by atoms with van der Waals surface area (Å²) in [5, 5.41) is 5.12. The largest absolute Gasteiger partial charge is 0.258 e. The SMILES string of the molecule is NS(=O)(=O)c1ccc(C2=CCC=C2CCc2ccc(F)cn2)cc1. The number of aryl methyl sites for hydroxylation is 1. The van der Waals surface area contributed by atoms with Crippen LogP contribution in [0.4, 0.5) is 4.39 Å². The molecule has 1 aliphatic carbocycles. The van der Waals surface area contributed by atoms with Crippen molar-refractivity contribution < 1.29 is 12.8 Å². The number of hydrogen-bond acceptors (Lipinski definition) is 3. The van der Waals surface area contributed by atoms with Crippen LogP contribution in [0.3, 0.4) is 0 Å². The van der Waals surface area contributed by atoms with E-state index in [1.54, 1.807) is 18.2 Å². The number of nitrogens with zero attached hydrogens (tertiary/aromatic N) is 1. The first-order valence-corrected chi connectivity index (χ1v) is 9.11. The number of pyridine rings is 1. The van der Waals surface area contributed by atoms with Gasteiger partial charge in [0.25, 0.3) is 0 Å². The molecule has 0 amide bonds. The molecule has 24 heavy (non-hydrogen) atoms. The van der Waals surface area contributed by atoms with Gasteiger partial charge in [0, 0.05) is 5.69 Å². The molecule has 6 heteroatoms. The van der Waals surface area contributed by atoms with E-state index in [9.17, 15) is 12.8 Å². The van der Waals surface area contributed by atoms with Gasteiger partial charge in [-0.2, -0.15) is 0 Å². The number of allylic oxidation sites excluding steroid dienone is 4. The molecule has 0 aliphatic heterocycles. The number of hydrogen-bond donors (Lipinski definition) is 1. The fraction of sp³-hybridized carbons (Fsp3) is 0.167. The standard InChI is InChI=1S/C18H17FN2O2S/c19-15-7-9-16(21-12-15)8-4-13-2-1-3-18(13)14-5-10-17(11-6-14)24(20,22)23/h2-3,5-7,9-12H,1,4,8H2,(H2,20,22,23). The lowest BCUT2D eigenvalue weighted by molar-refractivity contribution is 0.598. The van der Waals surface area contributed by atoms with E-state index in [2.05, 4.69) is 17.1 Å². The summed E-state index contributed by atoms with van der Waals surface area (Å²) in [6.07, 6.45) is 7.84. The molecule has 0 saturated heterocycles. The average Bonchev–Trinajstić information content (AvgIpc) is 3.02. The van der Waals surface area contributed by atoms with E-state index in [0.29, 0.717) is 0 Å². The normalized spacial score (nSPS) is 14.4. The minimum absolute atomic E-state index is 0.103. The summed E-state index contributed by atoms with van der Waals surface area (Å²) in [5.74, 6) is -0.339. The Morgan fingerprint density at radius 3 is 2.42 bits per heavy atom. The van der Waals surface area contributed by atoms with Crippen molar-refractivity contribution in [1.29, 1.82) is 0 Å². The average molecular weight is 344 g/mol. The zero-order chi connectivity index (χ0) is 17.2. The third-order valence-electron chi connectivity index (χ3n) is 3.97. The number of halogens is 1. The van der Waals surface area contributed by atoms with Crippen LogP contribution < -0.4 is 5.14 Å². The molecule has 0 atom stereocenters. The van der Waals surface area contributed by atoms with Crippen molar-refractivity contribution in [2.24, 2.45) is 5.14 Å². The first kappa shape index (κ1) is 16.5. The van der Waals surface area contributed by atoms with Crippen molar-refractivity contribution in [2.75, 3.05) is 0 Å². The van der Waals surface area contributed by atoms with Crippen LogP contribution in [0.25, 0.3) is 5.57 Å². The van der Waals surface area contributed by atoms with E-state index < -0.39 is 10.0 Å². The van der Waals surface area contributed by atoms with Crippen molar-refractivity contribution in [3.8, 4) is 0 Å². The molecule has 124 valence electrons. The number of sulfonamides is 1. The Morgan fingerprint density at radius 1 is 1.04 bits per heavy atom. The monoisotopic (exact) mass is 344 g/mol. The van der Waals surface area contributed by atoms with Gasteiger partial charge in [-0.25, -0.2) is 17.9 Å². The second-order valence-electron chi connectivity index (χ2n) is 5.62. The van der Waals surface area contributed by atoms with Gasteiger partial charge in [-0.3, -0.25) is 4.98 Å². The van der Waals surface area contributed by atoms with Crippen LogP contribution in [0, 0.1) is 5.82 Å². The van der Waals surface area contributed by atoms with E-state index in [1.165, 1.54) is 30.0 Å². The summed E-state index contributed by atoms with van der Waals surface area (Å²) in [7, 11) is -3.68. The van der Waals surface area contributed by atoms with Crippen LogP contribution in [0.1, 0.15) is 24.1 Å². The van der Waals surface area contributed by atoms with Crippen LogP contribution in [0.2, 0.25) is 0 Å². The topological polar surface area (TPSA) is 73.1 Å². The maximum Gasteiger partial charge on any atom is 0.238 e. The van der Waals surface area contributed by atoms with Crippen molar-refractivity contribution >= 4 is 15.6 Å². The van der Waals surface area contributed by atoms with Gasteiger partial charge in [-0.15, -0.1) is 0 Å². The van der Waals surface area contributed by atoms with Crippen LogP contribution in [-0.4, -0.2) is 13.4 Å². The Balaban J connectivity index is 1.72. The van der Waals surface area contributed by atoms with E-state index in [-0.39, 0.29) is 10.7 Å². The van der Waals surface area contributed by atoms with Crippen LogP contribution >= 0.6 is 0 Å². The molecule has 2 N–H and O–H groups in total. The predicted octanol–water partition coefficient (Wildman–Crippen LogP) is 3.21. The molecule has 2 aromatic rings. The second kappa shape index (κ2) is 6.67. The first-order chi connectivity index (χ1) is 11.4. The van der Waals surface area contributed by atoms with Crippen LogP contribution in [-0.2, 0) is 16.4 Å². The lowest BCUT2D eigenvalue weighted by Gasteiger charge is -2.10. The van der Waals surface area contributed by atoms with Gasteiger partial charge in [-0.1, -0.05) is 24.3 Å². The molecular weight excluding hydrogens is 327 g/mol. The zero-order valence-corrected chi connectivity index (χ0v) is 13.8. The van der Waals surface area contributed by atoms with Crippen LogP contribution in [0.15, 0.2) is 65.2 Å². The quantitative estimate of drug-likeness (QED) is 0.905. The lowest BCUT2D eigenvalue weighted by Crippen LogP contribution is -2.11. The first-order valence-electron chi connectivity index (χ1n) is 7.57. The molecule has 1 aromatic carbocycles. The smallest absolute Gasteiger partial charge is 0.238 e. The van der Waals surface area contributed by atoms with Gasteiger partial charge >= 0.3 is 0 Å². The molecule has 0 unspecified atom stereocenters. The van der Waals surface area contributed by atoms with Crippen molar-refractivity contribution in [3.63, 3.8) is 0 Å². The fourth-order valence-electron chi connectivity index (χ4n) is 2.74. The number of primary sulfonamides is 1. The summed E-state index contributed by atoms with van der Waals surface area (Å²) in [4.78, 5) is 4.18. The summed E-state index contributed by atoms with van der Waals surface area (Å²) < 4.78 is 35.6. The van der Waals surface area contributed by atoms with Crippen molar-refractivity contribution in [1.82, 2.24) is 4.98 Å². The highest BCUT2D eigenvalue weighted by Crippen LogP contribution is 2.32. The number of benzene rings is 1. The molecule has 0 spiro atoms. The maximum absolute atomic E-state index is 12.9. The Labute approximate surface area is 140 Å². The van der Waals surface area contributed by atoms with Gasteiger partial charge in [0.15, 0.2) is 0 Å². The molecule has 4 nitrogen and oxygen atoms in total. The molecule has 1 aromatic heterocycles. The summed E-state index contributed by atoms with van der Waals surface area (Å²) in [5.41, 5.74) is 4.08. The Kier molecular flexibility index (Phi) is 4.59. The van der Waals surface area contributed by atoms with Crippen LogP contribution in [0.5, 0.6) is 0 Å². The summed E-state index contributed by atoms with van der Waals surface area (Å²) in [6.45, 7) is 0. The molecular formula is C18H17FN2O2S. The molecule has 3 rings (SSSR count). The third kappa shape index (κ3) is 3.77. The fourth-order valence-corrected chi connectivity index (χ4v) is 3.26. The Hall–Kier alpha value is -2.31. The summed E-state index contributed by atoms with van der Waals surface area (Å²) >= 11 is 0. The number of aromatic nitrogens is 1. The highest BCUT2D eigenvalue weighted by Gasteiger charge is 2.14. The van der Waals surface area contributed by atoms with E-state index in [4.69, 9.17) is 5.14 Å². The van der Waals surface area contributed by atoms with Crippen molar-refractivity contribution in [3.05, 3.63) is 77.4 Å². The van der Waals surface area contributed by atoms with E-state index >= 15 is 0 Å². The van der Waals surface area contributed by atoms with E-state index in [0.717, 1.165) is 36.1 Å². The molecule has 0 radical (unpaired) electrons. The highest BCUT2D eigenvalue weighted by atomic mass is 32.2. The van der Waals surface area contributed by atoms with Gasteiger partial charge in [0.2, 0.25) is 10.0 Å². The Bertz CT molecular complexity index is 899. The predicted molar refractivity (Wildman–Crippen MR) is 91.0 cm³/mol. The molecule has 1 heterocycles. The van der Waals surface area contributed by atoms with E-state index in [1.807, 2.05) is 0 Å². The maximum atomic E-state index is 12.9. The third-order valence-corrected chi connectivity index (χ3v) is 4.89. The molecule has 0 saturated carbocycles. The highest BCUT2D eigenvalue weighted by molar-refractivity contribution is 7.89. The van der Waals surface area contributed by atoms with Gasteiger partial charge in [-0.05, 0) is 60.2 Å². The minimum atomic E-state index is -3.68. The van der Waals surface area contributed by atoms with Gasteiger partial charge < -0.3 is 0 Å². The van der Waals surface area contributed by atoms with Gasteiger partial charge in [0.05, 0.1) is 11.1 Å².